The summed E-state index contributed by atoms with van der Waals surface area (Å²) in [6.45, 7) is 1.81. The van der Waals surface area contributed by atoms with E-state index in [4.69, 9.17) is 10.00 Å². The highest BCUT2D eigenvalue weighted by molar-refractivity contribution is 7.15. The van der Waals surface area contributed by atoms with E-state index in [0.29, 0.717) is 11.1 Å². The summed E-state index contributed by atoms with van der Waals surface area (Å²) >= 11 is 1.11. The van der Waals surface area contributed by atoms with E-state index in [1.54, 1.807) is 18.4 Å². The van der Waals surface area contributed by atoms with E-state index >= 15 is 0 Å². The molecular weight excluding hydrogens is 346 g/mol. The van der Waals surface area contributed by atoms with Gasteiger partial charge in [0.15, 0.2) is 0 Å². The molecule has 0 spiro atoms. The van der Waals surface area contributed by atoms with Crippen LogP contribution in [-0.2, 0) is 9.53 Å². The van der Waals surface area contributed by atoms with Gasteiger partial charge in [0.25, 0.3) is 5.69 Å². The highest BCUT2D eigenvalue weighted by atomic mass is 32.1. The van der Waals surface area contributed by atoms with Crippen LogP contribution in [0.1, 0.15) is 23.7 Å². The van der Waals surface area contributed by atoms with Crippen molar-refractivity contribution in [2.24, 2.45) is 0 Å². The predicted octanol–water partition coefficient (Wildman–Crippen LogP) is 3.35. The first kappa shape index (κ1) is 18.1. The van der Waals surface area contributed by atoms with E-state index in [2.05, 4.69) is 5.32 Å². The number of carbonyl (C=O) groups excluding carboxylic acids is 2. The lowest BCUT2D eigenvalue weighted by Gasteiger charge is -2.08. The lowest BCUT2D eigenvalue weighted by molar-refractivity contribution is -0.384. The van der Waals surface area contributed by atoms with Crippen molar-refractivity contribution in [3.63, 3.8) is 0 Å². The van der Waals surface area contributed by atoms with Crippen molar-refractivity contribution in [1.82, 2.24) is 0 Å². The molecule has 0 aliphatic heterocycles. The first-order chi connectivity index (χ1) is 12.0. The summed E-state index contributed by atoms with van der Waals surface area (Å²) < 4.78 is 5.04. The number of hydrogen-bond donors (Lipinski definition) is 1. The summed E-state index contributed by atoms with van der Waals surface area (Å²) in [6.07, 6.45) is -0.340. The van der Waals surface area contributed by atoms with Crippen LogP contribution < -0.4 is 5.32 Å². The number of nitrogens with zero attached hydrogens (tertiary/aromatic N) is 2. The van der Waals surface area contributed by atoms with Crippen LogP contribution in [0.5, 0.6) is 0 Å². The van der Waals surface area contributed by atoms with Gasteiger partial charge in [0.05, 0.1) is 17.6 Å². The van der Waals surface area contributed by atoms with Gasteiger partial charge in [-0.1, -0.05) is 0 Å². The number of amides is 1. The number of nitro benzene ring substituents is 1. The number of nitrogens with one attached hydrogen (secondary N) is 1. The molecule has 0 unspecified atom stereocenters. The molecule has 2 rings (SSSR count). The maximum absolute atomic E-state index is 12.3. The van der Waals surface area contributed by atoms with Crippen LogP contribution in [0.3, 0.4) is 0 Å². The standard InChI is InChI=1S/C16H13N3O5S/c1-2-24-16(21)14-12(9-25-15(14)18-13(20)7-8-17)10-3-5-11(6-4-10)19(22)23/h3-6,9H,2,7H2,1H3,(H,18,20). The van der Waals surface area contributed by atoms with Crippen LogP contribution in [0.2, 0.25) is 0 Å². The summed E-state index contributed by atoms with van der Waals surface area (Å²) in [5, 5.41) is 23.8. The minimum atomic E-state index is -0.621. The van der Waals surface area contributed by atoms with E-state index in [1.165, 1.54) is 24.3 Å². The molecule has 1 amide bonds. The summed E-state index contributed by atoms with van der Waals surface area (Å²) in [5.41, 5.74) is 1.16. The van der Waals surface area contributed by atoms with Crippen molar-refractivity contribution >= 4 is 33.9 Å². The van der Waals surface area contributed by atoms with Crippen molar-refractivity contribution in [1.29, 1.82) is 5.26 Å². The molecule has 9 heteroatoms. The van der Waals surface area contributed by atoms with Gasteiger partial charge in [0.1, 0.15) is 17.0 Å². The smallest absolute Gasteiger partial charge is 0.341 e. The molecule has 0 aliphatic rings. The highest BCUT2D eigenvalue weighted by Gasteiger charge is 2.23. The quantitative estimate of drug-likeness (QED) is 0.479. The third kappa shape index (κ3) is 4.19. The number of hydrogen-bond acceptors (Lipinski definition) is 7. The van der Waals surface area contributed by atoms with E-state index < -0.39 is 16.8 Å². The Morgan fingerprint density at radius 1 is 1.36 bits per heavy atom. The molecule has 1 N–H and O–H groups in total. The van der Waals surface area contributed by atoms with Crippen molar-refractivity contribution in [3.05, 3.63) is 45.3 Å². The first-order valence-electron chi connectivity index (χ1n) is 7.18. The van der Waals surface area contributed by atoms with Gasteiger partial charge in [-0.3, -0.25) is 14.9 Å². The van der Waals surface area contributed by atoms with Gasteiger partial charge in [-0.05, 0) is 24.6 Å². The minimum Gasteiger partial charge on any atom is -0.462 e. The fourth-order valence-corrected chi connectivity index (χ4v) is 3.05. The Bertz CT molecular complexity index is 852. The number of anilines is 1. The number of rotatable bonds is 6. The molecule has 0 atom stereocenters. The Morgan fingerprint density at radius 2 is 2.04 bits per heavy atom. The second-order valence-electron chi connectivity index (χ2n) is 4.76. The number of esters is 1. The molecule has 0 saturated carbocycles. The van der Waals surface area contributed by atoms with Crippen molar-refractivity contribution < 1.29 is 19.2 Å². The number of thiophene rings is 1. The Hall–Kier alpha value is -3.25. The summed E-state index contributed by atoms with van der Waals surface area (Å²) in [4.78, 5) is 34.2. The normalized spacial score (nSPS) is 9.92. The number of nitriles is 1. The van der Waals surface area contributed by atoms with Crippen LogP contribution in [-0.4, -0.2) is 23.4 Å². The zero-order chi connectivity index (χ0) is 18.4. The fraction of sp³-hybridized carbons (Fsp3) is 0.188. The average Bonchev–Trinajstić information content (AvgIpc) is 2.99. The van der Waals surface area contributed by atoms with Gasteiger partial charge >= 0.3 is 5.97 Å². The maximum atomic E-state index is 12.3. The molecule has 128 valence electrons. The van der Waals surface area contributed by atoms with Crippen LogP contribution in [0.25, 0.3) is 11.1 Å². The molecule has 2 aromatic rings. The average molecular weight is 359 g/mol. The minimum absolute atomic E-state index is 0.0702. The van der Waals surface area contributed by atoms with Crippen LogP contribution in [0.15, 0.2) is 29.6 Å². The number of nitro groups is 1. The molecule has 0 aliphatic carbocycles. The fourth-order valence-electron chi connectivity index (χ4n) is 2.07. The van der Waals surface area contributed by atoms with E-state index in [0.717, 1.165) is 11.3 Å². The lowest BCUT2D eigenvalue weighted by atomic mass is 10.0. The number of ether oxygens (including phenoxy) is 1. The van der Waals surface area contributed by atoms with E-state index in [-0.39, 0.29) is 29.3 Å². The molecular formula is C16H13N3O5S. The van der Waals surface area contributed by atoms with E-state index in [9.17, 15) is 19.7 Å². The topological polar surface area (TPSA) is 122 Å². The zero-order valence-corrected chi connectivity index (χ0v) is 14.0. The summed E-state index contributed by atoms with van der Waals surface area (Å²) in [6, 6.07) is 7.42. The predicted molar refractivity (Wildman–Crippen MR) is 91.2 cm³/mol. The van der Waals surface area contributed by atoms with Gasteiger partial charge in [-0.25, -0.2) is 4.79 Å². The Morgan fingerprint density at radius 3 is 2.60 bits per heavy atom. The van der Waals surface area contributed by atoms with Crippen LogP contribution >= 0.6 is 11.3 Å². The molecule has 8 nitrogen and oxygen atoms in total. The summed E-state index contributed by atoms with van der Waals surface area (Å²) in [7, 11) is 0. The zero-order valence-electron chi connectivity index (χ0n) is 13.1. The monoisotopic (exact) mass is 359 g/mol. The second-order valence-corrected chi connectivity index (χ2v) is 5.64. The molecule has 1 aromatic carbocycles. The third-order valence-corrected chi connectivity index (χ3v) is 4.05. The number of benzene rings is 1. The highest BCUT2D eigenvalue weighted by Crippen LogP contribution is 2.36. The maximum Gasteiger partial charge on any atom is 0.341 e. The second kappa shape index (κ2) is 8.03. The molecule has 1 aromatic heterocycles. The first-order valence-corrected chi connectivity index (χ1v) is 8.06. The SMILES string of the molecule is CCOC(=O)c1c(-c2ccc([N+](=O)[O-])cc2)csc1NC(=O)CC#N. The van der Waals surface area contributed by atoms with Crippen molar-refractivity contribution in [2.75, 3.05) is 11.9 Å². The van der Waals surface area contributed by atoms with Gasteiger partial charge in [-0.2, -0.15) is 5.26 Å². The molecule has 25 heavy (non-hydrogen) atoms. The Kier molecular flexibility index (Phi) is 5.81. The van der Waals surface area contributed by atoms with Gasteiger partial charge in [0, 0.05) is 23.1 Å². The third-order valence-electron chi connectivity index (χ3n) is 3.15. The van der Waals surface area contributed by atoms with Crippen LogP contribution in [0, 0.1) is 21.4 Å². The van der Waals surface area contributed by atoms with Crippen LogP contribution in [0.4, 0.5) is 10.7 Å². The van der Waals surface area contributed by atoms with Gasteiger partial charge in [0.2, 0.25) is 5.91 Å². The molecule has 0 saturated heterocycles. The number of non-ortho nitro benzene ring substituents is 1. The van der Waals surface area contributed by atoms with Crippen molar-refractivity contribution in [2.45, 2.75) is 13.3 Å². The van der Waals surface area contributed by atoms with Crippen molar-refractivity contribution in [3.8, 4) is 17.2 Å². The largest absolute Gasteiger partial charge is 0.462 e. The van der Waals surface area contributed by atoms with E-state index in [1.807, 2.05) is 0 Å². The molecule has 0 fully saturated rings. The summed E-state index contributed by atoms with van der Waals surface area (Å²) in [5.74, 6) is -1.16. The Balaban J connectivity index is 2.45. The molecule has 0 radical (unpaired) electrons. The molecule has 1 heterocycles. The molecule has 0 bridgehead atoms. The Labute approximate surface area is 146 Å². The lowest BCUT2D eigenvalue weighted by Crippen LogP contribution is -2.13. The van der Waals surface area contributed by atoms with Gasteiger partial charge < -0.3 is 10.1 Å². The number of carbonyl (C=O) groups is 2. The van der Waals surface area contributed by atoms with Gasteiger partial charge in [-0.15, -0.1) is 11.3 Å².